The van der Waals surface area contributed by atoms with Crippen molar-refractivity contribution >= 4 is 23.1 Å². The molecule has 1 aliphatic rings. The van der Waals surface area contributed by atoms with Crippen LogP contribution in [0.3, 0.4) is 0 Å². The van der Waals surface area contributed by atoms with Gasteiger partial charge >= 0.3 is 0 Å². The molecule has 1 heterocycles. The first-order valence-corrected chi connectivity index (χ1v) is 2.62. The number of thiocarbonyl (C=S) groups is 1. The molecule has 0 saturated heterocycles. The van der Waals surface area contributed by atoms with Gasteiger partial charge in [0, 0.05) is 13.1 Å². The van der Waals surface area contributed by atoms with Crippen molar-refractivity contribution in [2.75, 3.05) is 7.05 Å². The number of likely N-dealkylation sites (N-methyl/N-ethyl adjacent to an activating group) is 1. The molecule has 0 aromatic carbocycles. The van der Waals surface area contributed by atoms with Crippen LogP contribution in [-0.4, -0.2) is 22.8 Å². The van der Waals surface area contributed by atoms with Gasteiger partial charge in [-0.05, 0) is 6.08 Å². The lowest BCUT2D eigenvalue weighted by Gasteiger charge is -2.04. The average Bonchev–Trinajstić information content (AvgIpc) is 1.98. The monoisotopic (exact) mass is 127 g/mol. The Labute approximate surface area is 52.8 Å². The third kappa shape index (κ3) is 0.648. The van der Waals surface area contributed by atoms with Crippen LogP contribution in [0.2, 0.25) is 0 Å². The fraction of sp³-hybridized carbons (Fsp3) is 0.200. The Morgan fingerprint density at radius 2 is 2.25 bits per heavy atom. The fourth-order valence-electron chi connectivity index (χ4n) is 0.475. The molecular formula is C5H5NOS. The van der Waals surface area contributed by atoms with Crippen LogP contribution in [-0.2, 0) is 4.79 Å². The molecule has 1 amide bonds. The molecule has 0 N–H and O–H groups in total. The zero-order valence-corrected chi connectivity index (χ0v) is 5.23. The molecule has 0 unspecified atom stereocenters. The second-order valence-electron chi connectivity index (χ2n) is 1.57. The number of rotatable bonds is 0. The maximum Gasteiger partial charge on any atom is 0.251 e. The topological polar surface area (TPSA) is 20.3 Å². The van der Waals surface area contributed by atoms with Crippen LogP contribution < -0.4 is 0 Å². The summed E-state index contributed by atoms with van der Waals surface area (Å²) in [6.07, 6.45) is 3.08. The van der Waals surface area contributed by atoms with Crippen molar-refractivity contribution in [2.45, 2.75) is 0 Å². The molecule has 0 fully saturated rings. The van der Waals surface area contributed by atoms with Crippen molar-refractivity contribution in [1.29, 1.82) is 0 Å². The van der Waals surface area contributed by atoms with Crippen molar-refractivity contribution in [3.05, 3.63) is 12.2 Å². The van der Waals surface area contributed by atoms with E-state index >= 15 is 0 Å². The van der Waals surface area contributed by atoms with E-state index in [-0.39, 0.29) is 5.91 Å². The van der Waals surface area contributed by atoms with Crippen LogP contribution in [0.5, 0.6) is 0 Å². The molecule has 1 rings (SSSR count). The van der Waals surface area contributed by atoms with Crippen LogP contribution in [0.4, 0.5) is 0 Å². The Bertz CT molecular complexity index is 155. The molecule has 1 aliphatic heterocycles. The second-order valence-corrected chi connectivity index (χ2v) is 1.99. The van der Waals surface area contributed by atoms with Crippen LogP contribution >= 0.6 is 12.2 Å². The molecular weight excluding hydrogens is 122 g/mol. The van der Waals surface area contributed by atoms with Gasteiger partial charge in [-0.1, -0.05) is 12.2 Å². The predicted octanol–water partition coefficient (Wildman–Crippen LogP) is 0.342. The van der Waals surface area contributed by atoms with Crippen LogP contribution in [0.1, 0.15) is 0 Å². The first-order chi connectivity index (χ1) is 3.72. The molecule has 0 aromatic rings. The first-order valence-electron chi connectivity index (χ1n) is 2.21. The molecule has 0 aromatic heterocycles. The van der Waals surface area contributed by atoms with Crippen LogP contribution in [0.15, 0.2) is 12.2 Å². The maximum absolute atomic E-state index is 10.5. The lowest BCUT2D eigenvalue weighted by Crippen LogP contribution is -2.23. The Kier molecular flexibility index (Phi) is 1.13. The van der Waals surface area contributed by atoms with E-state index in [4.69, 9.17) is 12.2 Å². The Hall–Kier alpha value is -0.700. The van der Waals surface area contributed by atoms with Gasteiger partial charge < -0.3 is 4.90 Å². The number of hydrogen-bond donors (Lipinski definition) is 0. The van der Waals surface area contributed by atoms with Crippen LogP contribution in [0.25, 0.3) is 0 Å². The molecule has 0 saturated carbocycles. The average molecular weight is 127 g/mol. The fourth-order valence-corrected chi connectivity index (χ4v) is 0.633. The van der Waals surface area contributed by atoms with Crippen LogP contribution in [0, 0.1) is 0 Å². The summed E-state index contributed by atoms with van der Waals surface area (Å²) in [7, 11) is 1.66. The minimum Gasteiger partial charge on any atom is -0.303 e. The summed E-state index contributed by atoms with van der Waals surface area (Å²) in [5, 5.41) is 0. The Morgan fingerprint density at radius 3 is 2.38 bits per heavy atom. The van der Waals surface area contributed by atoms with Crippen molar-refractivity contribution < 1.29 is 4.79 Å². The normalized spacial score (nSPS) is 18.4. The van der Waals surface area contributed by atoms with E-state index in [0.717, 1.165) is 0 Å². The highest BCUT2D eigenvalue weighted by atomic mass is 32.1. The van der Waals surface area contributed by atoms with E-state index in [0.29, 0.717) is 4.99 Å². The van der Waals surface area contributed by atoms with Gasteiger partial charge in [-0.3, -0.25) is 4.79 Å². The van der Waals surface area contributed by atoms with Gasteiger partial charge in [-0.25, -0.2) is 0 Å². The van der Waals surface area contributed by atoms with E-state index in [1.54, 1.807) is 13.1 Å². The van der Waals surface area contributed by atoms with Gasteiger partial charge in [-0.15, -0.1) is 0 Å². The smallest absolute Gasteiger partial charge is 0.251 e. The minimum absolute atomic E-state index is 0.0324. The van der Waals surface area contributed by atoms with Crippen molar-refractivity contribution in [1.82, 2.24) is 4.90 Å². The molecule has 0 bridgehead atoms. The zero-order valence-electron chi connectivity index (χ0n) is 4.42. The van der Waals surface area contributed by atoms with Gasteiger partial charge in [0.25, 0.3) is 5.91 Å². The number of carbonyl (C=O) groups excluding carboxylic acids is 1. The highest BCUT2D eigenvalue weighted by molar-refractivity contribution is 7.80. The summed E-state index contributed by atoms with van der Waals surface area (Å²) in [5.74, 6) is -0.0324. The molecule has 42 valence electrons. The lowest BCUT2D eigenvalue weighted by atomic mass is 10.6. The lowest BCUT2D eigenvalue weighted by molar-refractivity contribution is -0.120. The standard InChI is InChI=1S/C5H5NOS/c1-6-4(7)2-3-5(6)8/h2-3H,1H3. The Balaban J connectivity index is 2.84. The highest BCUT2D eigenvalue weighted by Crippen LogP contribution is 2.00. The molecule has 0 spiro atoms. The largest absolute Gasteiger partial charge is 0.303 e. The highest BCUT2D eigenvalue weighted by Gasteiger charge is 2.13. The maximum atomic E-state index is 10.5. The second kappa shape index (κ2) is 1.67. The minimum atomic E-state index is -0.0324. The van der Waals surface area contributed by atoms with E-state index < -0.39 is 0 Å². The number of carbonyl (C=O) groups is 1. The van der Waals surface area contributed by atoms with Gasteiger partial charge in [0.2, 0.25) is 0 Å². The quantitative estimate of drug-likeness (QED) is 0.437. The van der Waals surface area contributed by atoms with Crippen molar-refractivity contribution in [3.63, 3.8) is 0 Å². The summed E-state index contributed by atoms with van der Waals surface area (Å²) in [4.78, 5) is 12.6. The SMILES string of the molecule is CN1C(=O)C=CC1=S. The predicted molar refractivity (Wildman–Crippen MR) is 34.5 cm³/mol. The molecule has 8 heavy (non-hydrogen) atoms. The van der Waals surface area contributed by atoms with Gasteiger partial charge in [-0.2, -0.15) is 0 Å². The van der Waals surface area contributed by atoms with E-state index in [2.05, 4.69) is 0 Å². The summed E-state index contributed by atoms with van der Waals surface area (Å²) < 4.78 is 0. The number of hydrogen-bond acceptors (Lipinski definition) is 2. The van der Waals surface area contributed by atoms with E-state index in [1.807, 2.05) is 0 Å². The van der Waals surface area contributed by atoms with Gasteiger partial charge in [0.05, 0.1) is 0 Å². The van der Waals surface area contributed by atoms with E-state index in [9.17, 15) is 4.79 Å². The molecule has 0 aliphatic carbocycles. The molecule has 0 atom stereocenters. The summed E-state index contributed by atoms with van der Waals surface area (Å²) in [6, 6.07) is 0. The van der Waals surface area contributed by atoms with Gasteiger partial charge in [0.15, 0.2) is 0 Å². The number of amides is 1. The van der Waals surface area contributed by atoms with Crippen molar-refractivity contribution in [3.8, 4) is 0 Å². The molecule has 2 nitrogen and oxygen atoms in total. The Morgan fingerprint density at radius 1 is 1.62 bits per heavy atom. The van der Waals surface area contributed by atoms with E-state index in [1.165, 1.54) is 11.0 Å². The summed E-state index contributed by atoms with van der Waals surface area (Å²) >= 11 is 4.74. The van der Waals surface area contributed by atoms with Gasteiger partial charge in [0.1, 0.15) is 4.99 Å². The number of nitrogens with zero attached hydrogens (tertiary/aromatic N) is 1. The summed E-state index contributed by atoms with van der Waals surface area (Å²) in [6.45, 7) is 0. The zero-order chi connectivity index (χ0) is 6.15. The molecule has 0 radical (unpaired) electrons. The van der Waals surface area contributed by atoms with Crippen molar-refractivity contribution in [2.24, 2.45) is 0 Å². The third-order valence-corrected chi connectivity index (χ3v) is 1.44. The summed E-state index contributed by atoms with van der Waals surface area (Å²) in [5.41, 5.74) is 0. The molecule has 3 heteroatoms. The first kappa shape index (κ1) is 5.44. The third-order valence-electron chi connectivity index (χ3n) is 1.03.